The number of hydrogen-bond acceptors (Lipinski definition) is 6. The number of benzene rings is 2. The lowest BCUT2D eigenvalue weighted by Gasteiger charge is -2.07. The van der Waals surface area contributed by atoms with Gasteiger partial charge in [0.15, 0.2) is 16.7 Å². The molecule has 2 aromatic carbocycles. The number of phenolic OH excluding ortho intramolecular Hbond substituents is 1. The van der Waals surface area contributed by atoms with Crippen molar-refractivity contribution in [3.8, 4) is 11.5 Å². The summed E-state index contributed by atoms with van der Waals surface area (Å²) in [6.07, 6.45) is 1.71. The molecule has 144 valence electrons. The molecule has 7 nitrogen and oxygen atoms in total. The molecule has 0 atom stereocenters. The molecule has 3 rings (SSSR count). The number of aliphatic imine (C=N–C) groups is 1. The third kappa shape index (κ3) is 4.17. The lowest BCUT2D eigenvalue weighted by molar-refractivity contribution is -0.121. The van der Waals surface area contributed by atoms with Crippen LogP contribution in [-0.4, -0.2) is 45.8 Å². The van der Waals surface area contributed by atoms with E-state index in [-0.39, 0.29) is 17.2 Å². The van der Waals surface area contributed by atoms with Crippen molar-refractivity contribution in [1.29, 1.82) is 0 Å². The van der Waals surface area contributed by atoms with Crippen LogP contribution in [0.3, 0.4) is 0 Å². The lowest BCUT2D eigenvalue weighted by Crippen LogP contribution is -2.23. The van der Waals surface area contributed by atoms with Gasteiger partial charge >= 0.3 is 5.97 Å². The molecule has 1 amide bonds. The Bertz CT molecular complexity index is 983. The summed E-state index contributed by atoms with van der Waals surface area (Å²) in [4.78, 5) is 29.8. The van der Waals surface area contributed by atoms with E-state index in [4.69, 9.17) is 9.84 Å². The molecule has 0 aromatic heterocycles. The number of carboxylic acid groups (broad SMARTS) is 1. The van der Waals surface area contributed by atoms with Crippen molar-refractivity contribution in [3.63, 3.8) is 0 Å². The first-order valence-electron chi connectivity index (χ1n) is 8.44. The molecule has 28 heavy (non-hydrogen) atoms. The fourth-order valence-electron chi connectivity index (χ4n) is 2.48. The Morgan fingerprint density at radius 3 is 2.61 bits per heavy atom. The van der Waals surface area contributed by atoms with Gasteiger partial charge in [-0.2, -0.15) is 0 Å². The van der Waals surface area contributed by atoms with Crippen LogP contribution < -0.4 is 4.74 Å². The highest BCUT2D eigenvalue weighted by molar-refractivity contribution is 8.18. The second-order valence-corrected chi connectivity index (χ2v) is 6.89. The van der Waals surface area contributed by atoms with Gasteiger partial charge in [0.1, 0.15) is 0 Å². The van der Waals surface area contributed by atoms with Gasteiger partial charge in [0.25, 0.3) is 5.91 Å². The number of hydrogen-bond donors (Lipinski definition) is 2. The van der Waals surface area contributed by atoms with Crippen molar-refractivity contribution in [2.75, 3.05) is 13.7 Å². The van der Waals surface area contributed by atoms with E-state index < -0.39 is 5.97 Å². The number of aromatic hydroxyl groups is 1. The number of carbonyl (C=O) groups excluding carboxylic acids is 1. The quantitative estimate of drug-likeness (QED) is 0.745. The highest BCUT2D eigenvalue weighted by Gasteiger charge is 2.30. The molecule has 1 heterocycles. The van der Waals surface area contributed by atoms with E-state index >= 15 is 0 Å². The minimum atomic E-state index is -1.01. The van der Waals surface area contributed by atoms with Crippen molar-refractivity contribution < 1.29 is 24.5 Å². The molecule has 0 saturated carbocycles. The summed E-state index contributed by atoms with van der Waals surface area (Å²) in [5.41, 5.74) is 1.44. The molecular weight excluding hydrogens is 380 g/mol. The summed E-state index contributed by atoms with van der Waals surface area (Å²) >= 11 is 1.22. The minimum Gasteiger partial charge on any atom is -0.504 e. The van der Waals surface area contributed by atoms with E-state index in [1.807, 2.05) is 6.92 Å². The van der Waals surface area contributed by atoms with Crippen molar-refractivity contribution in [1.82, 2.24) is 4.90 Å². The van der Waals surface area contributed by atoms with Gasteiger partial charge in [-0.25, -0.2) is 9.79 Å². The molecule has 0 aliphatic carbocycles. The normalized spacial score (nSPS) is 16.8. The number of carbonyl (C=O) groups is 2. The first-order chi connectivity index (χ1) is 13.4. The van der Waals surface area contributed by atoms with Gasteiger partial charge in [-0.1, -0.05) is 6.07 Å². The van der Waals surface area contributed by atoms with E-state index in [9.17, 15) is 14.7 Å². The second kappa shape index (κ2) is 8.18. The largest absolute Gasteiger partial charge is 0.504 e. The fraction of sp³-hybridized carbons (Fsp3) is 0.150. The zero-order chi connectivity index (χ0) is 20.3. The Balaban J connectivity index is 1.85. The van der Waals surface area contributed by atoms with Crippen LogP contribution in [0, 0.1) is 0 Å². The van der Waals surface area contributed by atoms with Gasteiger partial charge in [-0.05, 0) is 66.7 Å². The molecule has 8 heteroatoms. The topological polar surface area (TPSA) is 99.4 Å². The minimum absolute atomic E-state index is 0.0404. The van der Waals surface area contributed by atoms with E-state index in [2.05, 4.69) is 4.99 Å². The molecule has 1 fully saturated rings. The summed E-state index contributed by atoms with van der Waals surface area (Å²) in [5.74, 6) is -0.809. The number of aromatic carboxylic acids is 1. The molecule has 0 spiro atoms. The molecule has 1 saturated heterocycles. The van der Waals surface area contributed by atoms with Crippen molar-refractivity contribution in [2.45, 2.75) is 6.92 Å². The third-order valence-corrected chi connectivity index (χ3v) is 4.98. The fourth-order valence-corrected chi connectivity index (χ4v) is 3.47. The van der Waals surface area contributed by atoms with Gasteiger partial charge < -0.3 is 14.9 Å². The van der Waals surface area contributed by atoms with Crippen LogP contribution in [0.2, 0.25) is 0 Å². The number of thioether (sulfide) groups is 1. The van der Waals surface area contributed by atoms with Gasteiger partial charge in [0.05, 0.1) is 22.8 Å². The molecule has 0 radical (unpaired) electrons. The standard InChI is InChI=1S/C20H18N2O5S/c1-3-27-16-10-12(4-9-15(16)23)11-17-18(24)22(2)20(28-17)21-14-7-5-13(6-8-14)19(25)26/h4-11,23H,3H2,1-2H3,(H,25,26). The predicted molar refractivity (Wildman–Crippen MR) is 108 cm³/mol. The Morgan fingerprint density at radius 1 is 1.25 bits per heavy atom. The van der Waals surface area contributed by atoms with Crippen LogP contribution in [0.25, 0.3) is 6.08 Å². The monoisotopic (exact) mass is 398 g/mol. The third-order valence-electron chi connectivity index (χ3n) is 3.92. The maximum absolute atomic E-state index is 12.5. The number of nitrogens with zero attached hydrogens (tertiary/aromatic N) is 2. The second-order valence-electron chi connectivity index (χ2n) is 5.88. The van der Waals surface area contributed by atoms with Gasteiger partial charge in [-0.15, -0.1) is 0 Å². The zero-order valence-corrected chi connectivity index (χ0v) is 16.1. The van der Waals surface area contributed by atoms with Gasteiger partial charge in [-0.3, -0.25) is 9.69 Å². The van der Waals surface area contributed by atoms with E-state index in [1.165, 1.54) is 34.9 Å². The molecule has 1 aliphatic rings. The summed E-state index contributed by atoms with van der Waals surface area (Å²) < 4.78 is 5.37. The molecule has 1 aliphatic heterocycles. The van der Waals surface area contributed by atoms with Crippen LogP contribution in [0.15, 0.2) is 52.4 Å². The maximum atomic E-state index is 12.5. The van der Waals surface area contributed by atoms with E-state index in [0.29, 0.717) is 28.1 Å². The van der Waals surface area contributed by atoms with Crippen LogP contribution in [0.5, 0.6) is 11.5 Å². The van der Waals surface area contributed by atoms with Crippen LogP contribution in [0.1, 0.15) is 22.8 Å². The van der Waals surface area contributed by atoms with Crippen LogP contribution in [0.4, 0.5) is 5.69 Å². The van der Waals surface area contributed by atoms with E-state index in [1.54, 1.807) is 37.4 Å². The Morgan fingerprint density at radius 2 is 1.96 bits per heavy atom. The van der Waals surface area contributed by atoms with Crippen molar-refractivity contribution in [3.05, 3.63) is 58.5 Å². The number of ether oxygens (including phenoxy) is 1. The Labute approximate surface area is 166 Å². The van der Waals surface area contributed by atoms with Crippen LogP contribution >= 0.6 is 11.8 Å². The summed E-state index contributed by atoms with van der Waals surface area (Å²) in [5, 5.41) is 19.2. The zero-order valence-electron chi connectivity index (χ0n) is 15.2. The molecular formula is C20H18N2O5S. The molecule has 0 unspecified atom stereocenters. The highest BCUT2D eigenvalue weighted by Crippen LogP contribution is 2.34. The number of amides is 1. The number of phenols is 1. The summed E-state index contributed by atoms with van der Waals surface area (Å²) in [6, 6.07) is 11.0. The Kier molecular flexibility index (Phi) is 5.70. The predicted octanol–water partition coefficient (Wildman–Crippen LogP) is 3.72. The number of rotatable bonds is 5. The van der Waals surface area contributed by atoms with Crippen molar-refractivity contribution >= 4 is 40.6 Å². The SMILES string of the molecule is CCOc1cc(C=C2SC(=Nc3ccc(C(=O)O)cc3)N(C)C2=O)ccc1O. The highest BCUT2D eigenvalue weighted by atomic mass is 32.2. The number of carboxylic acids is 1. The summed E-state index contributed by atoms with van der Waals surface area (Å²) in [7, 11) is 1.63. The first-order valence-corrected chi connectivity index (χ1v) is 9.26. The molecule has 2 aromatic rings. The average Bonchev–Trinajstić information content (AvgIpc) is 2.93. The smallest absolute Gasteiger partial charge is 0.335 e. The maximum Gasteiger partial charge on any atom is 0.335 e. The van der Waals surface area contributed by atoms with Gasteiger partial charge in [0, 0.05) is 7.05 Å². The van der Waals surface area contributed by atoms with Crippen molar-refractivity contribution in [2.24, 2.45) is 4.99 Å². The van der Waals surface area contributed by atoms with Crippen LogP contribution in [-0.2, 0) is 4.79 Å². The summed E-state index contributed by atoms with van der Waals surface area (Å²) in [6.45, 7) is 2.24. The van der Waals surface area contributed by atoms with Gasteiger partial charge in [0.2, 0.25) is 0 Å². The number of amidine groups is 1. The molecule has 0 bridgehead atoms. The lowest BCUT2D eigenvalue weighted by atomic mass is 10.2. The average molecular weight is 398 g/mol. The molecule has 2 N–H and O–H groups in total. The van der Waals surface area contributed by atoms with E-state index in [0.717, 1.165) is 5.56 Å². The Hall–Kier alpha value is -3.26. The number of likely N-dealkylation sites (N-methyl/N-ethyl adjacent to an activating group) is 1. The first kappa shape index (κ1) is 19.5.